The van der Waals surface area contributed by atoms with Crippen LogP contribution in [0.3, 0.4) is 0 Å². The number of likely N-dealkylation sites (tertiary alicyclic amines) is 1. The predicted octanol–water partition coefficient (Wildman–Crippen LogP) is 2.68. The molecule has 1 saturated heterocycles. The number of hydrogen-bond acceptors (Lipinski definition) is 7. The highest BCUT2D eigenvalue weighted by Crippen LogP contribution is 2.31. The molecule has 3 heterocycles. The van der Waals surface area contributed by atoms with Crippen molar-refractivity contribution in [2.75, 3.05) is 26.2 Å². The quantitative estimate of drug-likeness (QED) is 0.425. The van der Waals surface area contributed by atoms with E-state index in [9.17, 15) is 13.2 Å². The zero-order valence-corrected chi connectivity index (χ0v) is 22.5. The van der Waals surface area contributed by atoms with Gasteiger partial charge in [0.05, 0.1) is 22.8 Å². The van der Waals surface area contributed by atoms with E-state index in [1.165, 1.54) is 12.1 Å². The van der Waals surface area contributed by atoms with Crippen molar-refractivity contribution in [3.63, 3.8) is 0 Å². The van der Waals surface area contributed by atoms with Crippen LogP contribution in [0.4, 0.5) is 0 Å². The molecule has 0 bridgehead atoms. The van der Waals surface area contributed by atoms with E-state index >= 15 is 0 Å². The average molecular weight is 517 g/mol. The number of aromatic amines is 1. The summed E-state index contributed by atoms with van der Waals surface area (Å²) in [5.41, 5.74) is 1.69. The first-order valence-electron chi connectivity index (χ1n) is 12.6. The maximum atomic E-state index is 13.3. The number of ether oxygens (including phenoxy) is 1. The Kier molecular flexibility index (Phi) is 7.82. The maximum Gasteiger partial charge on any atom is 0.277 e. The van der Waals surface area contributed by atoms with Crippen LogP contribution in [0.15, 0.2) is 27.9 Å². The fourth-order valence-electron chi connectivity index (χ4n) is 4.76. The fraction of sp³-hybridized carbons (Fsp3) is 0.560. The summed E-state index contributed by atoms with van der Waals surface area (Å²) in [5.74, 6) is 1.02. The van der Waals surface area contributed by atoms with Gasteiger partial charge < -0.3 is 14.6 Å². The summed E-state index contributed by atoms with van der Waals surface area (Å²) in [7, 11) is -2.09. The molecule has 36 heavy (non-hydrogen) atoms. The van der Waals surface area contributed by atoms with Crippen LogP contribution in [-0.4, -0.2) is 65.3 Å². The summed E-state index contributed by atoms with van der Waals surface area (Å²) >= 11 is 0. The van der Waals surface area contributed by atoms with Crippen molar-refractivity contribution in [3.05, 3.63) is 34.2 Å². The summed E-state index contributed by atoms with van der Waals surface area (Å²) in [5, 5.41) is 4.51. The average Bonchev–Trinajstić information content (AvgIpc) is 3.41. The van der Waals surface area contributed by atoms with Crippen molar-refractivity contribution in [1.29, 1.82) is 0 Å². The summed E-state index contributed by atoms with van der Waals surface area (Å²) in [6.07, 6.45) is 2.96. The molecule has 10 nitrogen and oxygen atoms in total. The summed E-state index contributed by atoms with van der Waals surface area (Å²) < 4.78 is 36.6. The van der Waals surface area contributed by atoms with E-state index in [2.05, 4.69) is 33.6 Å². The van der Waals surface area contributed by atoms with Crippen molar-refractivity contribution in [2.24, 2.45) is 13.0 Å². The third-order valence-corrected chi connectivity index (χ3v) is 7.85. The SMILES string of the molecule is CCOc1ccc(S(=O)(=O)NC(C)CN2CCCC2)cc1-c1nc2c(CC(C)C)nn(C)c2c(=O)[nH]1. The van der Waals surface area contributed by atoms with Crippen LogP contribution in [0.5, 0.6) is 5.75 Å². The Bertz CT molecular complexity index is 1390. The lowest BCUT2D eigenvalue weighted by molar-refractivity contribution is 0.313. The number of sulfonamides is 1. The number of aromatic nitrogens is 4. The molecule has 3 aromatic rings. The molecule has 11 heteroatoms. The number of benzene rings is 1. The highest BCUT2D eigenvalue weighted by molar-refractivity contribution is 7.89. The van der Waals surface area contributed by atoms with E-state index in [1.54, 1.807) is 17.8 Å². The highest BCUT2D eigenvalue weighted by Gasteiger charge is 2.24. The predicted molar refractivity (Wildman–Crippen MR) is 140 cm³/mol. The number of hydrogen-bond donors (Lipinski definition) is 2. The van der Waals surface area contributed by atoms with Crippen LogP contribution in [0.25, 0.3) is 22.4 Å². The van der Waals surface area contributed by atoms with Gasteiger partial charge in [0.25, 0.3) is 5.56 Å². The summed E-state index contributed by atoms with van der Waals surface area (Å²) in [4.78, 5) is 22.9. The molecule has 1 fully saturated rings. The van der Waals surface area contributed by atoms with Gasteiger partial charge in [0.15, 0.2) is 5.52 Å². The Morgan fingerprint density at radius 2 is 1.92 bits per heavy atom. The van der Waals surface area contributed by atoms with Gasteiger partial charge in [-0.25, -0.2) is 18.1 Å². The smallest absolute Gasteiger partial charge is 0.277 e. The molecular formula is C25H36N6O4S. The lowest BCUT2D eigenvalue weighted by Crippen LogP contribution is -2.41. The van der Waals surface area contributed by atoms with Crippen molar-refractivity contribution < 1.29 is 13.2 Å². The van der Waals surface area contributed by atoms with Gasteiger partial charge >= 0.3 is 0 Å². The van der Waals surface area contributed by atoms with E-state index in [0.29, 0.717) is 47.8 Å². The first-order valence-corrected chi connectivity index (χ1v) is 14.0. The fourth-order valence-corrected chi connectivity index (χ4v) is 6.02. The normalized spacial score (nSPS) is 15.7. The van der Waals surface area contributed by atoms with Crippen LogP contribution in [0.1, 0.15) is 46.2 Å². The van der Waals surface area contributed by atoms with Crippen LogP contribution in [0.2, 0.25) is 0 Å². The molecule has 4 rings (SSSR count). The van der Waals surface area contributed by atoms with Gasteiger partial charge in [-0.15, -0.1) is 0 Å². The minimum atomic E-state index is -3.80. The number of nitrogens with zero attached hydrogens (tertiary/aromatic N) is 4. The van der Waals surface area contributed by atoms with Crippen molar-refractivity contribution in [1.82, 2.24) is 29.4 Å². The molecule has 1 unspecified atom stereocenters. The monoisotopic (exact) mass is 516 g/mol. The van der Waals surface area contributed by atoms with Crippen molar-refractivity contribution in [3.8, 4) is 17.1 Å². The molecule has 1 aliphatic rings. The van der Waals surface area contributed by atoms with E-state index < -0.39 is 10.0 Å². The molecular weight excluding hydrogens is 480 g/mol. The zero-order chi connectivity index (χ0) is 26.0. The van der Waals surface area contributed by atoms with Gasteiger partial charge in [-0.2, -0.15) is 5.10 Å². The second-order valence-corrected chi connectivity index (χ2v) is 11.6. The van der Waals surface area contributed by atoms with Crippen LogP contribution < -0.4 is 15.0 Å². The summed E-state index contributed by atoms with van der Waals surface area (Å²) in [6, 6.07) is 4.40. The van der Waals surface area contributed by atoms with E-state index in [4.69, 9.17) is 9.72 Å². The van der Waals surface area contributed by atoms with Crippen LogP contribution >= 0.6 is 0 Å². The summed E-state index contributed by atoms with van der Waals surface area (Å²) in [6.45, 7) is 10.9. The zero-order valence-electron chi connectivity index (χ0n) is 21.7. The van der Waals surface area contributed by atoms with Gasteiger partial charge in [0.1, 0.15) is 17.1 Å². The minimum Gasteiger partial charge on any atom is -0.493 e. The number of aryl methyl sites for hydroxylation is 1. The second kappa shape index (κ2) is 10.7. The van der Waals surface area contributed by atoms with Crippen LogP contribution in [0, 0.1) is 5.92 Å². The van der Waals surface area contributed by atoms with Gasteiger partial charge in [0, 0.05) is 19.6 Å². The van der Waals surface area contributed by atoms with E-state index in [0.717, 1.165) is 31.6 Å². The number of rotatable bonds is 10. The number of H-pyrrole nitrogens is 1. The van der Waals surface area contributed by atoms with Crippen molar-refractivity contribution >= 4 is 21.1 Å². The molecule has 1 aliphatic heterocycles. The highest BCUT2D eigenvalue weighted by atomic mass is 32.2. The maximum absolute atomic E-state index is 13.3. The minimum absolute atomic E-state index is 0.0885. The largest absolute Gasteiger partial charge is 0.493 e. The van der Waals surface area contributed by atoms with Crippen molar-refractivity contribution in [2.45, 2.75) is 57.9 Å². The first-order chi connectivity index (χ1) is 17.1. The van der Waals surface area contributed by atoms with E-state index in [-0.39, 0.29) is 22.3 Å². The molecule has 0 amide bonds. The second-order valence-electron chi connectivity index (χ2n) is 9.90. The van der Waals surface area contributed by atoms with Gasteiger partial charge in [-0.1, -0.05) is 13.8 Å². The van der Waals surface area contributed by atoms with E-state index in [1.807, 2.05) is 13.8 Å². The van der Waals surface area contributed by atoms with Gasteiger partial charge in [-0.3, -0.25) is 9.48 Å². The number of fused-ring (bicyclic) bond motifs is 1. The molecule has 0 saturated carbocycles. The standard InChI is InChI=1S/C25H36N6O4S/c1-6-35-21-10-9-18(36(33,34)29-17(4)15-31-11-7-8-12-31)14-19(21)24-26-22-20(13-16(2)3)28-30(5)23(22)25(32)27-24/h9-10,14,16-17,29H,6-8,11-13,15H2,1-5H3,(H,26,27,32). The Hall–Kier alpha value is -2.76. The third-order valence-electron chi connectivity index (χ3n) is 6.27. The first kappa shape index (κ1) is 26.3. The number of nitrogens with one attached hydrogen (secondary N) is 2. The molecule has 196 valence electrons. The Morgan fingerprint density at radius 1 is 1.19 bits per heavy atom. The molecule has 0 radical (unpaired) electrons. The molecule has 0 spiro atoms. The van der Waals surface area contributed by atoms with Crippen LogP contribution in [-0.2, 0) is 23.5 Å². The molecule has 2 N–H and O–H groups in total. The topological polar surface area (TPSA) is 122 Å². The molecule has 2 aromatic heterocycles. The lowest BCUT2D eigenvalue weighted by Gasteiger charge is -2.21. The molecule has 1 atom stereocenters. The Morgan fingerprint density at radius 3 is 2.58 bits per heavy atom. The molecule has 1 aromatic carbocycles. The molecule has 0 aliphatic carbocycles. The third kappa shape index (κ3) is 5.63. The Balaban J connectivity index is 1.74. The Labute approximate surface area is 212 Å². The van der Waals surface area contributed by atoms with Gasteiger partial charge in [-0.05, 0) is 70.3 Å². The van der Waals surface area contributed by atoms with Gasteiger partial charge in [0.2, 0.25) is 10.0 Å². The lowest BCUT2D eigenvalue weighted by atomic mass is 10.1.